The third-order valence-corrected chi connectivity index (χ3v) is 26.0. The van der Waals surface area contributed by atoms with Gasteiger partial charge < -0.3 is 20.4 Å². The summed E-state index contributed by atoms with van der Waals surface area (Å²) in [5, 5.41) is 41.7. The Bertz CT molecular complexity index is 4880. The number of aryl methyl sites for hydroxylation is 4. The van der Waals surface area contributed by atoms with Crippen molar-refractivity contribution in [2.45, 2.75) is 41.5 Å². The third kappa shape index (κ3) is 13.0. The maximum absolute atomic E-state index is 12.9. The van der Waals surface area contributed by atoms with Crippen molar-refractivity contribution in [2.75, 3.05) is 0 Å². The van der Waals surface area contributed by atoms with Gasteiger partial charge in [-0.1, -0.05) is 119 Å². The first-order valence-electron chi connectivity index (χ1n) is 29.7. The van der Waals surface area contributed by atoms with Gasteiger partial charge in [-0.05, 0) is 184 Å². The fourth-order valence-corrected chi connectivity index (χ4v) is 20.0. The van der Waals surface area contributed by atoms with Crippen LogP contribution < -0.4 is 0 Å². The summed E-state index contributed by atoms with van der Waals surface area (Å²) in [7, 11) is 0. The van der Waals surface area contributed by atoms with E-state index in [9.17, 15) is 39.6 Å². The molecule has 0 saturated carbocycles. The first-order valence-corrected chi connectivity index (χ1v) is 36.2. The molecule has 14 rings (SSSR count). The van der Waals surface area contributed by atoms with Gasteiger partial charge in [0.2, 0.25) is 0 Å². The van der Waals surface area contributed by atoms with E-state index in [1.54, 1.807) is 59.2 Å². The topological polar surface area (TPSA) is 149 Å². The highest BCUT2D eigenvalue weighted by Gasteiger charge is 2.31. The highest BCUT2D eigenvalue weighted by Crippen LogP contribution is 2.50. The molecule has 0 bridgehead atoms. The van der Waals surface area contributed by atoms with Crippen molar-refractivity contribution in [3.63, 3.8) is 0 Å². The molecule has 0 spiro atoms. The molecular formula is C78H56O8S8. The van der Waals surface area contributed by atoms with E-state index in [4.69, 9.17) is 0 Å². The van der Waals surface area contributed by atoms with Crippen LogP contribution in [0.3, 0.4) is 0 Å². The number of carbonyl (C=O) groups is 4. The highest BCUT2D eigenvalue weighted by molar-refractivity contribution is 7.27. The quantitative estimate of drug-likeness (QED) is 0.0747. The van der Waals surface area contributed by atoms with Gasteiger partial charge in [-0.2, -0.15) is 0 Å². The lowest BCUT2D eigenvalue weighted by Crippen LogP contribution is -2.12. The van der Waals surface area contributed by atoms with Gasteiger partial charge in [0.1, 0.15) is 0 Å². The number of carboxylic acid groups (broad SMARTS) is 4. The van der Waals surface area contributed by atoms with Gasteiger partial charge in [-0.15, -0.1) is 90.7 Å². The van der Waals surface area contributed by atoms with E-state index in [0.717, 1.165) is 90.5 Å². The molecule has 0 aliphatic heterocycles. The Kier molecular flexibility index (Phi) is 18.0. The van der Waals surface area contributed by atoms with Gasteiger partial charge in [0, 0.05) is 100 Å². The SMILES string of the molecule is Cc1ccc(-c2ccc(-c3ccc(-c4c(C)c(C(=O)O)c(-c5ccc(-c6ccc(-c7ccc(C)cc7)s6)s5)c(C)c4C(=O)O)s3)s2)cc1.Cc1ccc(-c2ccc(-c3ccc(-c4cc(C(=O)O)c(-c5ccc(-c6ccc(-c7ccc(C)cc7)s6)s5)cc4C(=O)O)s3)s2)cc1. The average Bonchev–Trinajstić information content (AvgIpc) is 1.32. The Morgan fingerprint density at radius 3 is 0.649 bits per heavy atom. The lowest BCUT2D eigenvalue weighted by molar-refractivity contribution is 0.0681. The van der Waals surface area contributed by atoms with Crippen LogP contribution in [0.2, 0.25) is 0 Å². The van der Waals surface area contributed by atoms with Crippen LogP contribution in [0.1, 0.15) is 74.8 Å². The Morgan fingerprint density at radius 2 is 0.426 bits per heavy atom. The van der Waals surface area contributed by atoms with Crippen LogP contribution in [-0.2, 0) is 0 Å². The molecule has 0 atom stereocenters. The van der Waals surface area contributed by atoms with Gasteiger partial charge in [0.05, 0.1) is 22.3 Å². The monoisotopic (exact) mass is 1380 g/mol. The molecule has 8 heterocycles. The van der Waals surface area contributed by atoms with Crippen molar-refractivity contribution in [2.24, 2.45) is 0 Å². The first kappa shape index (κ1) is 63.6. The smallest absolute Gasteiger partial charge is 0.336 e. The van der Waals surface area contributed by atoms with Crippen LogP contribution in [0.25, 0.3) is 123 Å². The molecule has 464 valence electrons. The second-order valence-corrected chi connectivity index (χ2v) is 31.4. The van der Waals surface area contributed by atoms with Crippen LogP contribution in [0.15, 0.2) is 206 Å². The van der Waals surface area contributed by atoms with Crippen molar-refractivity contribution < 1.29 is 39.6 Å². The van der Waals surface area contributed by atoms with Gasteiger partial charge in [-0.3, -0.25) is 0 Å². The number of hydrogen-bond donors (Lipinski definition) is 4. The Labute approximate surface area is 575 Å². The minimum atomic E-state index is -1.10. The average molecular weight is 1380 g/mol. The molecule has 0 radical (unpaired) electrons. The van der Waals surface area contributed by atoms with Gasteiger partial charge in [-0.25, -0.2) is 19.2 Å². The zero-order valence-electron chi connectivity index (χ0n) is 51.3. The van der Waals surface area contributed by atoms with Crippen molar-refractivity contribution in [3.05, 3.63) is 262 Å². The number of benzene rings is 6. The highest BCUT2D eigenvalue weighted by atomic mass is 32.1. The summed E-state index contributed by atoms with van der Waals surface area (Å²) in [6.45, 7) is 11.7. The summed E-state index contributed by atoms with van der Waals surface area (Å²) < 4.78 is 0. The molecule has 0 aliphatic rings. The fourth-order valence-electron chi connectivity index (χ4n) is 11.3. The number of carboxylic acids is 4. The van der Waals surface area contributed by atoms with E-state index in [2.05, 4.69) is 173 Å². The van der Waals surface area contributed by atoms with Crippen molar-refractivity contribution in [1.29, 1.82) is 0 Å². The summed E-state index contributed by atoms with van der Waals surface area (Å²) >= 11 is 12.6. The molecule has 0 aliphatic carbocycles. The van der Waals surface area contributed by atoms with Gasteiger partial charge >= 0.3 is 23.9 Å². The maximum atomic E-state index is 12.9. The largest absolute Gasteiger partial charge is 0.478 e. The molecule has 0 fully saturated rings. The second kappa shape index (κ2) is 26.7. The number of hydrogen-bond acceptors (Lipinski definition) is 12. The molecular weight excluding hydrogens is 1320 g/mol. The zero-order valence-corrected chi connectivity index (χ0v) is 57.8. The van der Waals surface area contributed by atoms with Gasteiger partial charge in [0.25, 0.3) is 0 Å². The van der Waals surface area contributed by atoms with Crippen molar-refractivity contribution in [3.8, 4) is 123 Å². The summed E-state index contributed by atoms with van der Waals surface area (Å²) in [4.78, 5) is 66.8. The standard InChI is InChI=1S/C40H30O4S4.C38H26O4S4/c1-21-5-9-25(10-6-21)27-13-15-29(45-27)31-17-19-33(47-31)35-23(3)38(40(43)44)36(24(4)37(35)39(41)42)34-20-18-32(48-34)30-16-14-28(46-30)26-11-7-22(2)8-12-26;1-21-3-7-23(8-4-21)29-11-15-33(43-29)35-17-13-31(45-35)25-19-28(38(41)42)26(20-27(25)37(39)40)32-14-18-36(46-32)34-16-12-30(44-34)24-9-5-22(2)6-10-24/h5-20H,1-4H3,(H,41,42)(H,43,44);3-20H,1-2H3,(H,39,40)(H,41,42). The second-order valence-electron chi connectivity index (χ2n) is 22.7. The maximum Gasteiger partial charge on any atom is 0.336 e. The van der Waals surface area contributed by atoms with Crippen LogP contribution in [0.4, 0.5) is 0 Å². The molecule has 16 heteroatoms. The van der Waals surface area contributed by atoms with Gasteiger partial charge in [0.15, 0.2) is 0 Å². The molecule has 8 nitrogen and oxygen atoms in total. The lowest BCUT2D eigenvalue weighted by Gasteiger charge is -2.19. The molecule has 94 heavy (non-hydrogen) atoms. The predicted molar refractivity (Wildman–Crippen MR) is 397 cm³/mol. The third-order valence-electron chi connectivity index (χ3n) is 16.2. The van der Waals surface area contributed by atoms with Crippen LogP contribution in [-0.4, -0.2) is 44.3 Å². The summed E-state index contributed by atoms with van der Waals surface area (Å²) in [6.07, 6.45) is 0. The molecule has 8 aromatic heterocycles. The summed E-state index contributed by atoms with van der Waals surface area (Å²) in [6, 6.07) is 69.0. The normalized spacial score (nSPS) is 11.2. The van der Waals surface area contributed by atoms with E-state index < -0.39 is 23.9 Å². The predicted octanol–water partition coefficient (Wildman–Crippen LogP) is 24.5. The minimum absolute atomic E-state index is 0.0765. The number of rotatable bonds is 16. The van der Waals surface area contributed by atoms with E-state index >= 15 is 0 Å². The Morgan fingerprint density at radius 1 is 0.234 bits per heavy atom. The van der Waals surface area contributed by atoms with E-state index in [-0.39, 0.29) is 22.3 Å². The fraction of sp³-hybridized carbons (Fsp3) is 0.0769. The molecule has 0 unspecified atom stereocenters. The summed E-state index contributed by atoms with van der Waals surface area (Å²) in [5.41, 5.74) is 12.5. The lowest BCUT2D eigenvalue weighted by atomic mass is 9.86. The van der Waals surface area contributed by atoms with Crippen molar-refractivity contribution >= 4 is 115 Å². The molecule has 14 aromatic rings. The van der Waals surface area contributed by atoms with Crippen molar-refractivity contribution in [1.82, 2.24) is 0 Å². The number of thiophene rings is 8. The number of aromatic carboxylic acids is 4. The summed E-state index contributed by atoms with van der Waals surface area (Å²) in [5.74, 6) is -4.35. The van der Waals surface area contributed by atoms with E-state index in [1.807, 2.05) is 48.5 Å². The van der Waals surface area contributed by atoms with Crippen LogP contribution >= 0.6 is 90.7 Å². The van der Waals surface area contributed by atoms with E-state index in [1.165, 1.54) is 79.7 Å². The molecule has 0 amide bonds. The zero-order chi connectivity index (χ0) is 65.6. The Hall–Kier alpha value is -9.20. The minimum Gasteiger partial charge on any atom is -0.478 e. The molecule has 6 aromatic carbocycles. The Balaban J connectivity index is 0.000000171. The molecule has 4 N–H and O–H groups in total. The van der Waals surface area contributed by atoms with Crippen LogP contribution in [0, 0.1) is 41.5 Å². The van der Waals surface area contributed by atoms with E-state index in [0.29, 0.717) is 43.1 Å². The first-order chi connectivity index (χ1) is 45.3. The molecule has 0 saturated heterocycles. The van der Waals surface area contributed by atoms with Crippen LogP contribution in [0.5, 0.6) is 0 Å².